The predicted molar refractivity (Wildman–Crippen MR) is 149 cm³/mol. The van der Waals surface area contributed by atoms with Crippen LogP contribution >= 0.6 is 0 Å². The predicted octanol–water partition coefficient (Wildman–Crippen LogP) is 5.39. The number of hydrogen-bond acceptors (Lipinski definition) is 7. The third-order valence-corrected chi connectivity index (χ3v) is 7.76. The van der Waals surface area contributed by atoms with Crippen molar-refractivity contribution in [2.24, 2.45) is 5.92 Å². The second-order valence-corrected chi connectivity index (χ2v) is 10.9. The number of halogens is 2. The molecule has 0 atom stereocenters. The average Bonchev–Trinajstić information content (AvgIpc) is 3.65. The van der Waals surface area contributed by atoms with Crippen LogP contribution in [0.15, 0.2) is 36.7 Å². The number of fused-ring (bicyclic) bond motifs is 1. The fraction of sp³-hybridized carbons (Fsp3) is 0.533. The lowest BCUT2D eigenvalue weighted by Gasteiger charge is -2.36. The van der Waals surface area contributed by atoms with Gasteiger partial charge >= 0.3 is 6.61 Å². The fourth-order valence-electron chi connectivity index (χ4n) is 5.30. The molecule has 5 rings (SSSR count). The molecule has 216 valence electrons. The van der Waals surface area contributed by atoms with Gasteiger partial charge in [0.1, 0.15) is 28.5 Å². The fourth-order valence-corrected chi connectivity index (χ4v) is 5.30. The number of pyridine rings is 1. The number of Topliss-reactive ketones (excluding diaryl/α,β-unsaturated/α-hetero) is 1. The summed E-state index contributed by atoms with van der Waals surface area (Å²) < 4.78 is 44.8. The molecule has 1 aliphatic heterocycles. The molecule has 40 heavy (non-hydrogen) atoms. The van der Waals surface area contributed by atoms with Crippen LogP contribution in [-0.2, 0) is 0 Å². The maximum atomic E-state index is 13.3. The van der Waals surface area contributed by atoms with Gasteiger partial charge in [0.25, 0.3) is 0 Å². The van der Waals surface area contributed by atoms with E-state index in [-0.39, 0.29) is 22.8 Å². The molecule has 2 aliphatic rings. The number of imidazole rings is 1. The smallest absolute Gasteiger partial charge is 0.387 e. The zero-order valence-electron chi connectivity index (χ0n) is 23.4. The number of aromatic nitrogens is 2. The van der Waals surface area contributed by atoms with Crippen LogP contribution in [0, 0.1) is 5.92 Å². The molecule has 0 unspecified atom stereocenters. The van der Waals surface area contributed by atoms with E-state index in [4.69, 9.17) is 14.2 Å². The van der Waals surface area contributed by atoms with E-state index in [9.17, 15) is 13.6 Å². The summed E-state index contributed by atoms with van der Waals surface area (Å²) in [7, 11) is 1.42. The molecule has 1 saturated carbocycles. The average molecular weight is 557 g/mol. The number of ketones is 1. The molecule has 0 radical (unpaired) electrons. The highest BCUT2D eigenvalue weighted by Crippen LogP contribution is 2.40. The van der Waals surface area contributed by atoms with E-state index < -0.39 is 6.61 Å². The molecular formula is C30H38F2N4O4. The maximum absolute atomic E-state index is 13.3. The molecule has 3 aromatic rings. The van der Waals surface area contributed by atoms with Crippen molar-refractivity contribution in [1.82, 2.24) is 19.2 Å². The third kappa shape index (κ3) is 6.72. The molecule has 0 bridgehead atoms. The Hall–Kier alpha value is -3.24. The van der Waals surface area contributed by atoms with Crippen LogP contribution in [0.2, 0.25) is 0 Å². The number of methoxy groups -OCH3 is 1. The Labute approximate surface area is 233 Å². The van der Waals surface area contributed by atoms with Gasteiger partial charge in [-0.25, -0.2) is 4.98 Å². The number of hydrogen-bond donors (Lipinski definition) is 0. The van der Waals surface area contributed by atoms with Crippen molar-refractivity contribution in [2.45, 2.75) is 52.2 Å². The number of piperazine rings is 1. The molecule has 0 amide bonds. The van der Waals surface area contributed by atoms with Gasteiger partial charge in [-0.3, -0.25) is 14.1 Å². The lowest BCUT2D eigenvalue weighted by atomic mass is 10.00. The Morgan fingerprint density at radius 3 is 2.52 bits per heavy atom. The molecule has 10 heteroatoms. The first-order chi connectivity index (χ1) is 19.3. The minimum Gasteiger partial charge on any atom is -0.496 e. The van der Waals surface area contributed by atoms with Crippen LogP contribution < -0.4 is 14.2 Å². The lowest BCUT2D eigenvalue weighted by molar-refractivity contribution is -0.0502. The summed E-state index contributed by atoms with van der Waals surface area (Å²) in [5.41, 5.74) is 1.92. The van der Waals surface area contributed by atoms with Gasteiger partial charge in [-0.2, -0.15) is 8.78 Å². The summed E-state index contributed by atoms with van der Waals surface area (Å²) >= 11 is 0. The first-order valence-electron chi connectivity index (χ1n) is 14.1. The van der Waals surface area contributed by atoms with Crippen molar-refractivity contribution in [3.05, 3.63) is 42.2 Å². The van der Waals surface area contributed by atoms with E-state index in [1.165, 1.54) is 13.2 Å². The molecule has 8 nitrogen and oxygen atoms in total. The molecule has 1 aliphatic carbocycles. The normalized spacial score (nSPS) is 16.7. The minimum atomic E-state index is -3.07. The first kappa shape index (κ1) is 28.3. The highest BCUT2D eigenvalue weighted by Gasteiger charge is 2.30. The van der Waals surface area contributed by atoms with Gasteiger partial charge in [0.2, 0.25) is 0 Å². The van der Waals surface area contributed by atoms with Crippen molar-refractivity contribution in [3.8, 4) is 28.5 Å². The summed E-state index contributed by atoms with van der Waals surface area (Å²) in [5, 5.41) is 0. The van der Waals surface area contributed by atoms with Crippen molar-refractivity contribution < 1.29 is 27.8 Å². The molecule has 1 aromatic carbocycles. The summed E-state index contributed by atoms with van der Waals surface area (Å²) in [6, 6.07) is 7.45. The second kappa shape index (κ2) is 12.5. The summed E-state index contributed by atoms with van der Waals surface area (Å²) in [6.45, 7) is 7.43. The van der Waals surface area contributed by atoms with Gasteiger partial charge in [-0.05, 0) is 57.2 Å². The maximum Gasteiger partial charge on any atom is 0.387 e. The molecule has 2 aromatic heterocycles. The number of ether oxygens (including phenoxy) is 3. The van der Waals surface area contributed by atoms with E-state index in [0.717, 1.165) is 57.7 Å². The number of carbonyl (C=O) groups is 1. The van der Waals surface area contributed by atoms with Gasteiger partial charge in [0, 0.05) is 63.0 Å². The highest BCUT2D eigenvalue weighted by molar-refractivity contribution is 6.02. The van der Waals surface area contributed by atoms with Crippen LogP contribution in [0.1, 0.15) is 49.9 Å². The quantitative estimate of drug-likeness (QED) is 0.207. The molecular weight excluding hydrogens is 518 g/mol. The molecule has 0 N–H and O–H groups in total. The largest absolute Gasteiger partial charge is 0.496 e. The van der Waals surface area contributed by atoms with Crippen LogP contribution in [0.5, 0.6) is 17.2 Å². The van der Waals surface area contributed by atoms with Crippen LogP contribution in [0.4, 0.5) is 8.78 Å². The molecule has 1 saturated heterocycles. The van der Waals surface area contributed by atoms with Crippen molar-refractivity contribution in [1.29, 1.82) is 0 Å². The van der Waals surface area contributed by atoms with Gasteiger partial charge in [-0.15, -0.1) is 0 Å². The Morgan fingerprint density at radius 1 is 1.10 bits per heavy atom. The van der Waals surface area contributed by atoms with Gasteiger partial charge in [0.05, 0.1) is 25.6 Å². The van der Waals surface area contributed by atoms with E-state index in [1.807, 2.05) is 22.7 Å². The Kier molecular flexibility index (Phi) is 8.85. The van der Waals surface area contributed by atoms with Gasteiger partial charge in [-0.1, -0.05) is 0 Å². The molecule has 3 heterocycles. The topological polar surface area (TPSA) is 68.5 Å². The molecule has 0 spiro atoms. The first-order valence-corrected chi connectivity index (χ1v) is 14.1. The number of nitrogens with zero attached hydrogens (tertiary/aromatic N) is 4. The summed E-state index contributed by atoms with van der Waals surface area (Å²) in [6.07, 6.45) is 6.67. The van der Waals surface area contributed by atoms with E-state index in [0.29, 0.717) is 41.9 Å². The minimum absolute atomic E-state index is 0.0600. The number of carbonyl (C=O) groups excluding carboxylic acids is 1. The number of rotatable bonds is 13. The number of benzene rings is 1. The highest BCUT2D eigenvalue weighted by atomic mass is 19.3. The van der Waals surface area contributed by atoms with E-state index in [1.54, 1.807) is 12.3 Å². The SMILES string of the molecule is COc1cc(-c2cnc3cc(OCCCN4CCN(C(C)C)CC4)ccn23)cc(OC(F)F)c1C(=O)CC1CC1. The van der Waals surface area contributed by atoms with Crippen LogP contribution in [-0.4, -0.2) is 84.1 Å². The Balaban J connectivity index is 1.27. The summed E-state index contributed by atoms with van der Waals surface area (Å²) in [4.78, 5) is 22.4. The number of alkyl halides is 2. The van der Waals surface area contributed by atoms with Crippen LogP contribution in [0.25, 0.3) is 16.9 Å². The Bertz CT molecular complexity index is 1320. The zero-order chi connectivity index (χ0) is 28.2. The molecule has 2 fully saturated rings. The monoisotopic (exact) mass is 556 g/mol. The summed E-state index contributed by atoms with van der Waals surface area (Å²) in [5.74, 6) is 0.788. The standard InChI is InChI=1S/C30H38F2N4O4/c1-20(2)35-12-10-34(11-13-35)8-4-14-39-23-7-9-36-24(19-33-28(36)18-23)22-16-26(38-3)29(25(37)15-21-5-6-21)27(17-22)40-30(31)32/h7,9,16-21,30H,4-6,8,10-15H2,1-3H3. The van der Waals surface area contributed by atoms with Crippen molar-refractivity contribution in [3.63, 3.8) is 0 Å². The lowest BCUT2D eigenvalue weighted by Crippen LogP contribution is -2.49. The van der Waals surface area contributed by atoms with Crippen molar-refractivity contribution >= 4 is 11.4 Å². The van der Waals surface area contributed by atoms with E-state index in [2.05, 4.69) is 28.6 Å². The zero-order valence-corrected chi connectivity index (χ0v) is 23.4. The van der Waals surface area contributed by atoms with Gasteiger partial charge < -0.3 is 19.1 Å². The van der Waals surface area contributed by atoms with Gasteiger partial charge in [0.15, 0.2) is 5.78 Å². The second-order valence-electron chi connectivity index (χ2n) is 10.9. The van der Waals surface area contributed by atoms with Crippen molar-refractivity contribution in [2.75, 3.05) is 46.4 Å². The van der Waals surface area contributed by atoms with E-state index >= 15 is 0 Å². The Morgan fingerprint density at radius 2 is 1.85 bits per heavy atom. The van der Waals surface area contributed by atoms with Crippen LogP contribution in [0.3, 0.4) is 0 Å². The third-order valence-electron chi connectivity index (χ3n) is 7.76.